The van der Waals surface area contributed by atoms with E-state index in [9.17, 15) is 18.0 Å². The van der Waals surface area contributed by atoms with E-state index >= 15 is 0 Å². The number of amides is 2. The van der Waals surface area contributed by atoms with Gasteiger partial charge < -0.3 is 16.0 Å². The molecular formula is C30H44N4O4S. The van der Waals surface area contributed by atoms with Crippen molar-refractivity contribution in [3.8, 4) is 0 Å². The van der Waals surface area contributed by atoms with Crippen LogP contribution < -0.4 is 20.3 Å². The van der Waals surface area contributed by atoms with Crippen molar-refractivity contribution in [3.63, 3.8) is 0 Å². The van der Waals surface area contributed by atoms with Gasteiger partial charge in [0.1, 0.15) is 0 Å². The Bertz CT molecular complexity index is 1250. The Kier molecular flexibility index (Phi) is 10.9. The normalized spacial score (nSPS) is 17.2. The fourth-order valence-corrected chi connectivity index (χ4v) is 5.24. The molecule has 2 amide bonds. The third kappa shape index (κ3) is 9.35. The molecule has 0 unspecified atom stereocenters. The predicted molar refractivity (Wildman–Crippen MR) is 158 cm³/mol. The summed E-state index contributed by atoms with van der Waals surface area (Å²) in [7, 11) is -1.98. The minimum atomic E-state index is -3.48. The number of anilines is 1. The van der Waals surface area contributed by atoms with Crippen LogP contribution in [0.5, 0.6) is 0 Å². The quantitative estimate of drug-likeness (QED) is 0.439. The molecule has 3 N–H and O–H groups in total. The van der Waals surface area contributed by atoms with Gasteiger partial charge in [-0.2, -0.15) is 0 Å². The van der Waals surface area contributed by atoms with Crippen molar-refractivity contribution in [2.75, 3.05) is 30.7 Å². The molecule has 2 aromatic carbocycles. The van der Waals surface area contributed by atoms with Gasteiger partial charge in [0.2, 0.25) is 15.9 Å². The van der Waals surface area contributed by atoms with Gasteiger partial charge in [-0.1, -0.05) is 45.0 Å². The highest BCUT2D eigenvalue weighted by atomic mass is 32.2. The maximum Gasteiger partial charge on any atom is 0.251 e. The topological polar surface area (TPSA) is 108 Å². The first-order valence-corrected chi connectivity index (χ1v) is 15.8. The molecule has 0 aliphatic carbocycles. The summed E-state index contributed by atoms with van der Waals surface area (Å²) in [4.78, 5) is 26.3. The van der Waals surface area contributed by atoms with Gasteiger partial charge in [0.25, 0.3) is 5.91 Å². The van der Waals surface area contributed by atoms with Gasteiger partial charge in [0.15, 0.2) is 0 Å². The SMILES string of the molecule is CC[C@H](NC[C@H]1Cc2cccc(c2)CCCCc2cc(cc(N(C)S(C)(=O)=O)c2)C(=O)N1)C(=O)NCC(C)C. The highest BCUT2D eigenvalue weighted by molar-refractivity contribution is 7.92. The van der Waals surface area contributed by atoms with Crippen LogP contribution in [-0.2, 0) is 34.1 Å². The van der Waals surface area contributed by atoms with Crippen molar-refractivity contribution in [2.24, 2.45) is 5.92 Å². The predicted octanol–water partition coefficient (Wildman–Crippen LogP) is 3.44. The lowest BCUT2D eigenvalue weighted by molar-refractivity contribution is -0.123. The molecule has 0 aromatic heterocycles. The third-order valence-electron chi connectivity index (χ3n) is 7.11. The zero-order valence-electron chi connectivity index (χ0n) is 23.9. The first-order chi connectivity index (χ1) is 18.5. The molecule has 0 saturated carbocycles. The van der Waals surface area contributed by atoms with Crippen LogP contribution >= 0.6 is 0 Å². The van der Waals surface area contributed by atoms with Crippen LogP contribution in [0.15, 0.2) is 42.5 Å². The second-order valence-electron chi connectivity index (χ2n) is 11.0. The Morgan fingerprint density at radius 2 is 1.77 bits per heavy atom. The van der Waals surface area contributed by atoms with E-state index in [1.165, 1.54) is 16.9 Å². The molecule has 9 heteroatoms. The van der Waals surface area contributed by atoms with Crippen molar-refractivity contribution in [1.82, 2.24) is 16.0 Å². The molecule has 8 nitrogen and oxygen atoms in total. The fourth-order valence-electron chi connectivity index (χ4n) is 4.76. The first-order valence-electron chi connectivity index (χ1n) is 13.9. The van der Waals surface area contributed by atoms with Gasteiger partial charge >= 0.3 is 0 Å². The second-order valence-corrected chi connectivity index (χ2v) is 13.0. The van der Waals surface area contributed by atoms with Crippen LogP contribution in [0.3, 0.4) is 0 Å². The second kappa shape index (κ2) is 13.9. The van der Waals surface area contributed by atoms with E-state index in [0.29, 0.717) is 43.1 Å². The van der Waals surface area contributed by atoms with Gasteiger partial charge in [0.05, 0.1) is 18.0 Å². The van der Waals surface area contributed by atoms with Crippen molar-refractivity contribution >= 4 is 27.5 Å². The Balaban J connectivity index is 1.89. The number of benzene rings is 2. The highest BCUT2D eigenvalue weighted by Gasteiger charge is 2.22. The molecule has 1 aliphatic rings. The number of carbonyl (C=O) groups is 2. The number of aryl methyl sites for hydroxylation is 2. The molecule has 0 spiro atoms. The van der Waals surface area contributed by atoms with E-state index < -0.39 is 10.0 Å². The number of nitrogens with zero attached hydrogens (tertiary/aromatic N) is 1. The molecule has 4 bridgehead atoms. The lowest BCUT2D eigenvalue weighted by Crippen LogP contribution is -2.50. The van der Waals surface area contributed by atoms with Gasteiger partial charge in [0, 0.05) is 31.7 Å². The maximum atomic E-state index is 13.5. The Hall–Kier alpha value is -2.91. The summed E-state index contributed by atoms with van der Waals surface area (Å²) in [6, 6.07) is 13.2. The van der Waals surface area contributed by atoms with Gasteiger partial charge in [-0.15, -0.1) is 0 Å². The zero-order chi connectivity index (χ0) is 28.6. The van der Waals surface area contributed by atoms with E-state index in [-0.39, 0.29) is 23.9 Å². The number of hydrogen-bond donors (Lipinski definition) is 3. The monoisotopic (exact) mass is 556 g/mol. The fraction of sp³-hybridized carbons (Fsp3) is 0.533. The van der Waals surface area contributed by atoms with Gasteiger partial charge in [-0.25, -0.2) is 8.42 Å². The van der Waals surface area contributed by atoms with Crippen LogP contribution in [0.25, 0.3) is 0 Å². The molecule has 1 aliphatic heterocycles. The van der Waals surface area contributed by atoms with Crippen LogP contribution in [-0.4, -0.2) is 58.7 Å². The Labute approximate surface area is 234 Å². The summed E-state index contributed by atoms with van der Waals surface area (Å²) in [6.45, 7) is 7.11. The summed E-state index contributed by atoms with van der Waals surface area (Å²) in [5.41, 5.74) is 4.21. The van der Waals surface area contributed by atoms with E-state index in [2.05, 4.69) is 54.1 Å². The molecule has 3 rings (SSSR count). The Morgan fingerprint density at radius 1 is 1.08 bits per heavy atom. The summed E-state index contributed by atoms with van der Waals surface area (Å²) in [5, 5.41) is 9.52. The molecule has 2 atom stereocenters. The third-order valence-corrected chi connectivity index (χ3v) is 8.32. The van der Waals surface area contributed by atoms with E-state index in [0.717, 1.165) is 43.1 Å². The summed E-state index contributed by atoms with van der Waals surface area (Å²) in [6.07, 6.45) is 6.01. The standard InChI is InChI=1S/C30H44N4O4S/c1-6-28(30(36)32-19-21(2)3)31-20-26-16-23-13-9-12-22(14-23)10-7-8-11-24-15-25(29(35)33-26)18-27(17-24)34(4)39(5,37)38/h9,12-15,17-18,21,26,28,31H,6-8,10-11,16,19-20H2,1-5H3,(H,32,36)(H,33,35)/t26-,28+/m1/s1. The molecule has 39 heavy (non-hydrogen) atoms. The van der Waals surface area contributed by atoms with Crippen molar-refractivity contribution < 1.29 is 18.0 Å². The molecule has 1 heterocycles. The summed E-state index contributed by atoms with van der Waals surface area (Å²) in [5.74, 6) is 0.0545. The largest absolute Gasteiger partial charge is 0.354 e. The minimum Gasteiger partial charge on any atom is -0.354 e. The van der Waals surface area contributed by atoms with Crippen LogP contribution in [0.2, 0.25) is 0 Å². The highest BCUT2D eigenvalue weighted by Crippen LogP contribution is 2.23. The number of rotatable bonds is 9. The van der Waals surface area contributed by atoms with Gasteiger partial charge in [-0.05, 0) is 79.3 Å². The average molecular weight is 557 g/mol. The smallest absolute Gasteiger partial charge is 0.251 e. The number of nitrogens with one attached hydrogen (secondary N) is 3. The molecular weight excluding hydrogens is 512 g/mol. The van der Waals surface area contributed by atoms with Crippen LogP contribution in [0.4, 0.5) is 5.69 Å². The number of carbonyl (C=O) groups excluding carboxylic acids is 2. The van der Waals surface area contributed by atoms with E-state index in [4.69, 9.17) is 0 Å². The molecule has 0 saturated heterocycles. The lowest BCUT2D eigenvalue weighted by atomic mass is 9.97. The number of fused-ring (bicyclic) bond motifs is 4. The lowest BCUT2D eigenvalue weighted by Gasteiger charge is -2.24. The summed E-state index contributed by atoms with van der Waals surface area (Å²) < 4.78 is 25.7. The molecule has 214 valence electrons. The molecule has 0 fully saturated rings. The van der Waals surface area contributed by atoms with Crippen molar-refractivity contribution in [1.29, 1.82) is 0 Å². The van der Waals surface area contributed by atoms with Crippen LogP contribution in [0, 0.1) is 5.92 Å². The summed E-state index contributed by atoms with van der Waals surface area (Å²) >= 11 is 0. The minimum absolute atomic E-state index is 0.0402. The first kappa shape index (κ1) is 30.6. The maximum absolute atomic E-state index is 13.5. The van der Waals surface area contributed by atoms with E-state index in [1.54, 1.807) is 6.07 Å². The van der Waals surface area contributed by atoms with Gasteiger partial charge in [-0.3, -0.25) is 13.9 Å². The Morgan fingerprint density at radius 3 is 2.44 bits per heavy atom. The van der Waals surface area contributed by atoms with Crippen LogP contribution in [0.1, 0.15) is 67.1 Å². The number of sulfonamides is 1. The zero-order valence-corrected chi connectivity index (χ0v) is 24.7. The molecule has 0 radical (unpaired) electrons. The average Bonchev–Trinajstić information content (AvgIpc) is 2.88. The molecule has 2 aromatic rings. The van der Waals surface area contributed by atoms with Crippen molar-refractivity contribution in [3.05, 3.63) is 64.7 Å². The van der Waals surface area contributed by atoms with E-state index in [1.807, 2.05) is 19.1 Å². The number of hydrogen-bond acceptors (Lipinski definition) is 5. The van der Waals surface area contributed by atoms with Crippen molar-refractivity contribution in [2.45, 2.75) is 71.4 Å².